The van der Waals surface area contributed by atoms with E-state index in [1.165, 1.54) is 4.90 Å². The van der Waals surface area contributed by atoms with E-state index in [4.69, 9.17) is 5.11 Å². The molecule has 0 aliphatic carbocycles. The number of carboxylic acid groups (broad SMARTS) is 1. The molecule has 0 spiro atoms. The van der Waals surface area contributed by atoms with E-state index in [9.17, 15) is 9.59 Å². The molecule has 0 unspecified atom stereocenters. The maximum absolute atomic E-state index is 11.6. The van der Waals surface area contributed by atoms with Gasteiger partial charge in [-0.25, -0.2) is 0 Å². The molecule has 88 valence electrons. The van der Waals surface area contributed by atoms with E-state index in [0.29, 0.717) is 13.1 Å². The average Bonchev–Trinajstić information content (AvgIpc) is 2.75. The van der Waals surface area contributed by atoms with Crippen molar-refractivity contribution in [2.75, 3.05) is 13.1 Å². The number of nitrogens with zero attached hydrogens (tertiary/aromatic N) is 3. The zero-order valence-corrected chi connectivity index (χ0v) is 9.17. The number of aromatic nitrogens is 2. The summed E-state index contributed by atoms with van der Waals surface area (Å²) in [6.07, 6.45) is 3.67. The summed E-state index contributed by atoms with van der Waals surface area (Å²) in [5.74, 6) is -1.16. The molecule has 1 heterocycles. The number of likely N-dealkylation sites (N-methyl/N-ethyl adjacent to an activating group) is 1. The van der Waals surface area contributed by atoms with Crippen LogP contribution in [0.15, 0.2) is 18.5 Å². The van der Waals surface area contributed by atoms with Gasteiger partial charge >= 0.3 is 5.97 Å². The van der Waals surface area contributed by atoms with Gasteiger partial charge in [0.25, 0.3) is 0 Å². The van der Waals surface area contributed by atoms with E-state index in [1.54, 1.807) is 30.1 Å². The van der Waals surface area contributed by atoms with Crippen molar-refractivity contribution in [1.29, 1.82) is 0 Å². The Morgan fingerprint density at radius 3 is 2.75 bits per heavy atom. The van der Waals surface area contributed by atoms with Crippen molar-refractivity contribution < 1.29 is 14.7 Å². The summed E-state index contributed by atoms with van der Waals surface area (Å²) in [7, 11) is 0. The molecule has 1 rings (SSSR count). The maximum Gasteiger partial charge on any atom is 0.323 e. The SMILES string of the molecule is CCN(CC(=O)O)C(=O)CCn1cccn1. The van der Waals surface area contributed by atoms with E-state index in [1.807, 2.05) is 0 Å². The third kappa shape index (κ3) is 3.72. The predicted octanol–water partition coefficient (Wildman–Crippen LogP) is 0.206. The third-order valence-corrected chi connectivity index (χ3v) is 2.17. The van der Waals surface area contributed by atoms with Crippen LogP contribution in [0, 0.1) is 0 Å². The summed E-state index contributed by atoms with van der Waals surface area (Å²) >= 11 is 0. The van der Waals surface area contributed by atoms with Gasteiger partial charge in [0, 0.05) is 31.9 Å². The van der Waals surface area contributed by atoms with Crippen molar-refractivity contribution in [3.8, 4) is 0 Å². The topological polar surface area (TPSA) is 75.4 Å². The molecule has 0 saturated heterocycles. The van der Waals surface area contributed by atoms with Crippen LogP contribution in [0.5, 0.6) is 0 Å². The minimum absolute atomic E-state index is 0.166. The lowest BCUT2D eigenvalue weighted by Gasteiger charge is -2.18. The Balaban J connectivity index is 2.40. The normalized spacial score (nSPS) is 10.1. The Kier molecular flexibility index (Phi) is 4.50. The quantitative estimate of drug-likeness (QED) is 0.750. The molecule has 0 atom stereocenters. The van der Waals surface area contributed by atoms with Crippen LogP contribution in [0.2, 0.25) is 0 Å². The second kappa shape index (κ2) is 5.89. The first kappa shape index (κ1) is 12.2. The number of aliphatic carboxylic acids is 1. The number of carbonyl (C=O) groups excluding carboxylic acids is 1. The van der Waals surface area contributed by atoms with Gasteiger partial charge in [-0.15, -0.1) is 0 Å². The van der Waals surface area contributed by atoms with Crippen molar-refractivity contribution in [3.63, 3.8) is 0 Å². The highest BCUT2D eigenvalue weighted by molar-refractivity contribution is 5.81. The second-order valence-electron chi connectivity index (χ2n) is 3.32. The summed E-state index contributed by atoms with van der Waals surface area (Å²) in [5.41, 5.74) is 0. The fourth-order valence-corrected chi connectivity index (χ4v) is 1.34. The Hall–Kier alpha value is -1.85. The molecular weight excluding hydrogens is 210 g/mol. The van der Waals surface area contributed by atoms with Gasteiger partial charge in [0.1, 0.15) is 6.54 Å². The summed E-state index contributed by atoms with van der Waals surface area (Å²) in [6, 6.07) is 1.78. The summed E-state index contributed by atoms with van der Waals surface area (Å²) in [5, 5.41) is 12.6. The molecule has 0 aliphatic heterocycles. The van der Waals surface area contributed by atoms with E-state index >= 15 is 0 Å². The van der Waals surface area contributed by atoms with Crippen molar-refractivity contribution in [3.05, 3.63) is 18.5 Å². The molecule has 6 nitrogen and oxygen atoms in total. The lowest BCUT2D eigenvalue weighted by Crippen LogP contribution is -2.35. The van der Waals surface area contributed by atoms with Gasteiger partial charge in [0.2, 0.25) is 5.91 Å². The Bertz CT molecular complexity index is 348. The number of hydrogen-bond donors (Lipinski definition) is 1. The third-order valence-electron chi connectivity index (χ3n) is 2.17. The average molecular weight is 225 g/mol. The highest BCUT2D eigenvalue weighted by Crippen LogP contribution is 1.97. The van der Waals surface area contributed by atoms with Crippen LogP contribution in [0.25, 0.3) is 0 Å². The first-order valence-electron chi connectivity index (χ1n) is 5.10. The minimum atomic E-state index is -0.991. The van der Waals surface area contributed by atoms with Gasteiger partial charge < -0.3 is 10.0 Å². The molecule has 1 aromatic heterocycles. The number of hydrogen-bond acceptors (Lipinski definition) is 3. The number of carbonyl (C=O) groups is 2. The summed E-state index contributed by atoms with van der Waals surface area (Å²) in [4.78, 5) is 23.4. The van der Waals surface area contributed by atoms with Crippen molar-refractivity contribution >= 4 is 11.9 Å². The second-order valence-corrected chi connectivity index (χ2v) is 3.32. The Labute approximate surface area is 93.5 Å². The predicted molar refractivity (Wildman–Crippen MR) is 56.7 cm³/mol. The number of carboxylic acids is 1. The molecule has 6 heteroatoms. The number of amides is 1. The smallest absolute Gasteiger partial charge is 0.323 e. The van der Waals surface area contributed by atoms with Crippen molar-refractivity contribution in [2.24, 2.45) is 0 Å². The summed E-state index contributed by atoms with van der Waals surface area (Å²) in [6.45, 7) is 2.40. The molecule has 0 fully saturated rings. The summed E-state index contributed by atoms with van der Waals surface area (Å²) < 4.78 is 1.65. The van der Waals surface area contributed by atoms with Crippen molar-refractivity contribution in [1.82, 2.24) is 14.7 Å². The van der Waals surface area contributed by atoms with Crippen LogP contribution in [0.4, 0.5) is 0 Å². The molecule has 0 aliphatic rings. The van der Waals surface area contributed by atoms with Gasteiger partial charge in [-0.1, -0.05) is 0 Å². The van der Waals surface area contributed by atoms with E-state index in [-0.39, 0.29) is 18.9 Å². The minimum Gasteiger partial charge on any atom is -0.480 e. The van der Waals surface area contributed by atoms with Gasteiger partial charge in [-0.3, -0.25) is 14.3 Å². The fraction of sp³-hybridized carbons (Fsp3) is 0.500. The molecule has 0 radical (unpaired) electrons. The zero-order valence-electron chi connectivity index (χ0n) is 9.17. The first-order valence-corrected chi connectivity index (χ1v) is 5.10. The lowest BCUT2D eigenvalue weighted by molar-refractivity contribution is -0.144. The zero-order chi connectivity index (χ0) is 12.0. The van der Waals surface area contributed by atoms with Crippen LogP contribution >= 0.6 is 0 Å². The Morgan fingerprint density at radius 1 is 1.50 bits per heavy atom. The Morgan fingerprint density at radius 2 is 2.25 bits per heavy atom. The van der Waals surface area contributed by atoms with Gasteiger partial charge in [0.15, 0.2) is 0 Å². The highest BCUT2D eigenvalue weighted by atomic mass is 16.4. The van der Waals surface area contributed by atoms with Crippen LogP contribution in [-0.2, 0) is 16.1 Å². The van der Waals surface area contributed by atoms with Crippen LogP contribution in [-0.4, -0.2) is 44.8 Å². The largest absolute Gasteiger partial charge is 0.480 e. The van der Waals surface area contributed by atoms with Crippen LogP contribution in [0.3, 0.4) is 0 Å². The number of rotatable bonds is 6. The molecule has 1 aromatic rings. The van der Waals surface area contributed by atoms with Crippen LogP contribution < -0.4 is 0 Å². The lowest BCUT2D eigenvalue weighted by atomic mass is 10.3. The molecule has 1 amide bonds. The van der Waals surface area contributed by atoms with Gasteiger partial charge in [-0.2, -0.15) is 5.10 Å². The van der Waals surface area contributed by atoms with Crippen molar-refractivity contribution in [2.45, 2.75) is 19.9 Å². The van der Waals surface area contributed by atoms with E-state index < -0.39 is 5.97 Å². The highest BCUT2D eigenvalue weighted by Gasteiger charge is 2.14. The molecule has 1 N–H and O–H groups in total. The maximum atomic E-state index is 11.6. The first-order chi connectivity index (χ1) is 7.63. The van der Waals surface area contributed by atoms with E-state index in [2.05, 4.69) is 5.10 Å². The molecule has 0 bridgehead atoms. The molecule has 0 saturated carbocycles. The van der Waals surface area contributed by atoms with Crippen LogP contribution in [0.1, 0.15) is 13.3 Å². The standard InChI is InChI=1S/C10H15N3O3/c1-2-12(8-10(15)16)9(14)4-7-13-6-3-5-11-13/h3,5-6H,2,4,7-8H2,1H3,(H,15,16). The number of aryl methyl sites for hydroxylation is 1. The van der Waals surface area contributed by atoms with Gasteiger partial charge in [0.05, 0.1) is 0 Å². The molecule has 16 heavy (non-hydrogen) atoms. The monoisotopic (exact) mass is 225 g/mol. The fourth-order valence-electron chi connectivity index (χ4n) is 1.34. The van der Waals surface area contributed by atoms with Gasteiger partial charge in [-0.05, 0) is 13.0 Å². The van der Waals surface area contributed by atoms with E-state index in [0.717, 1.165) is 0 Å². The molecular formula is C10H15N3O3. The molecule has 0 aromatic carbocycles.